The maximum atomic E-state index is 12.7. The van der Waals surface area contributed by atoms with E-state index in [0.717, 1.165) is 0 Å². The highest BCUT2D eigenvalue weighted by molar-refractivity contribution is 7.80. The van der Waals surface area contributed by atoms with Crippen LogP contribution in [0.1, 0.15) is 52.4 Å². The van der Waals surface area contributed by atoms with E-state index in [1.807, 2.05) is 6.92 Å². The fourth-order valence-corrected chi connectivity index (χ4v) is 3.08. The van der Waals surface area contributed by atoms with Crippen molar-refractivity contribution in [2.75, 3.05) is 12.3 Å². The molecule has 0 aromatic heterocycles. The van der Waals surface area contributed by atoms with E-state index in [4.69, 9.17) is 17.2 Å². The number of rotatable bonds is 17. The van der Waals surface area contributed by atoms with Gasteiger partial charge >= 0.3 is 5.97 Å². The molecule has 33 heavy (non-hydrogen) atoms. The van der Waals surface area contributed by atoms with E-state index in [1.165, 1.54) is 0 Å². The molecule has 0 aliphatic rings. The number of hydrogen-bond acceptors (Lipinski definition) is 8. The Morgan fingerprint density at radius 2 is 1.45 bits per heavy atom. The normalized spacial score (nSPS) is 15.4. The van der Waals surface area contributed by atoms with E-state index in [-0.39, 0.29) is 30.9 Å². The first kappa shape index (κ1) is 30.6. The summed E-state index contributed by atoms with van der Waals surface area (Å²) in [5.74, 6) is -4.18. The standard InChI is InChI=1S/C20H38N6O6S/c1-3-11(2)16(23)19(30)26-14(10-33)18(29)24-12(7-8-15(22)27)17(28)25-13(20(31)32)6-4-5-9-21/h11-14,16,33H,3-10,21,23H2,1-2H3,(H2,22,27)(H,24,29)(H,25,28)(H,26,30)(H,31,32). The molecule has 12 nitrogen and oxygen atoms in total. The number of unbranched alkanes of at least 4 members (excludes halogenated alkanes) is 1. The molecule has 0 bridgehead atoms. The molecule has 5 unspecified atom stereocenters. The number of nitrogens with one attached hydrogen (secondary N) is 3. The first-order chi connectivity index (χ1) is 15.5. The van der Waals surface area contributed by atoms with Crippen LogP contribution in [0.15, 0.2) is 0 Å². The predicted octanol–water partition coefficient (Wildman–Crippen LogP) is -1.78. The Kier molecular flexibility index (Phi) is 15.1. The van der Waals surface area contributed by atoms with Crippen LogP contribution in [0.5, 0.6) is 0 Å². The Balaban J connectivity index is 5.32. The zero-order chi connectivity index (χ0) is 25.6. The number of hydrogen-bond donors (Lipinski definition) is 8. The first-order valence-corrected chi connectivity index (χ1v) is 11.6. The second-order valence-electron chi connectivity index (χ2n) is 7.91. The summed E-state index contributed by atoms with van der Waals surface area (Å²) in [6.45, 7) is 4.06. The third-order valence-corrected chi connectivity index (χ3v) is 5.61. The Bertz CT molecular complexity index is 679. The molecule has 5 atom stereocenters. The summed E-state index contributed by atoms with van der Waals surface area (Å²) in [6, 6.07) is -4.36. The molecule has 0 aliphatic heterocycles. The van der Waals surface area contributed by atoms with Gasteiger partial charge in [-0.2, -0.15) is 12.6 Å². The van der Waals surface area contributed by atoms with Crippen molar-refractivity contribution in [3.8, 4) is 0 Å². The van der Waals surface area contributed by atoms with Crippen LogP contribution < -0.4 is 33.2 Å². The zero-order valence-electron chi connectivity index (χ0n) is 19.2. The van der Waals surface area contributed by atoms with Gasteiger partial charge < -0.3 is 38.3 Å². The lowest BCUT2D eigenvalue weighted by atomic mass is 9.99. The molecule has 4 amide bonds. The maximum absolute atomic E-state index is 12.7. The van der Waals surface area contributed by atoms with Crippen LogP contribution in [0.2, 0.25) is 0 Å². The monoisotopic (exact) mass is 490 g/mol. The van der Waals surface area contributed by atoms with Gasteiger partial charge in [0.05, 0.1) is 6.04 Å². The molecule has 0 rings (SSSR count). The van der Waals surface area contributed by atoms with Crippen molar-refractivity contribution >= 4 is 42.2 Å². The van der Waals surface area contributed by atoms with Crippen LogP contribution >= 0.6 is 12.6 Å². The lowest BCUT2D eigenvalue weighted by molar-refractivity contribution is -0.142. The molecule has 0 aromatic carbocycles. The Morgan fingerprint density at radius 3 is 1.94 bits per heavy atom. The van der Waals surface area contributed by atoms with Gasteiger partial charge in [0.15, 0.2) is 0 Å². The van der Waals surface area contributed by atoms with Gasteiger partial charge in [-0.3, -0.25) is 19.2 Å². The summed E-state index contributed by atoms with van der Waals surface area (Å²) in [5, 5.41) is 16.7. The molecule has 0 saturated heterocycles. The second kappa shape index (κ2) is 16.3. The molecule has 0 saturated carbocycles. The van der Waals surface area contributed by atoms with Crippen LogP contribution in [0.3, 0.4) is 0 Å². The lowest BCUT2D eigenvalue weighted by Crippen LogP contribution is -2.58. The molecule has 0 fully saturated rings. The van der Waals surface area contributed by atoms with E-state index in [0.29, 0.717) is 25.8 Å². The van der Waals surface area contributed by atoms with E-state index in [9.17, 15) is 29.1 Å². The highest BCUT2D eigenvalue weighted by Crippen LogP contribution is 2.07. The topological polar surface area (TPSA) is 220 Å². The van der Waals surface area contributed by atoms with Crippen molar-refractivity contribution in [3.05, 3.63) is 0 Å². The van der Waals surface area contributed by atoms with E-state index in [2.05, 4.69) is 28.6 Å². The van der Waals surface area contributed by atoms with Gasteiger partial charge in [0.25, 0.3) is 0 Å². The molecule has 10 N–H and O–H groups in total. The smallest absolute Gasteiger partial charge is 0.326 e. The first-order valence-electron chi connectivity index (χ1n) is 11.0. The fraction of sp³-hybridized carbons (Fsp3) is 0.750. The molecule has 0 spiro atoms. The van der Waals surface area contributed by atoms with Gasteiger partial charge in [-0.1, -0.05) is 20.3 Å². The SMILES string of the molecule is CCC(C)C(N)C(=O)NC(CS)C(=O)NC(CCC(N)=O)C(=O)NC(CCCCN)C(=O)O. The van der Waals surface area contributed by atoms with Crippen LogP contribution in [-0.2, 0) is 24.0 Å². The number of nitrogens with two attached hydrogens (primary N) is 3. The Morgan fingerprint density at radius 1 is 0.909 bits per heavy atom. The summed E-state index contributed by atoms with van der Waals surface area (Å²) in [5.41, 5.74) is 16.5. The van der Waals surface area contributed by atoms with Gasteiger partial charge in [0, 0.05) is 12.2 Å². The van der Waals surface area contributed by atoms with Gasteiger partial charge in [-0.15, -0.1) is 0 Å². The quantitative estimate of drug-likeness (QED) is 0.0858. The fourth-order valence-electron chi connectivity index (χ4n) is 2.82. The van der Waals surface area contributed by atoms with Crippen molar-refractivity contribution in [2.45, 2.75) is 76.5 Å². The second-order valence-corrected chi connectivity index (χ2v) is 8.27. The van der Waals surface area contributed by atoms with Crippen LogP contribution in [0, 0.1) is 5.92 Å². The molecule has 0 aliphatic carbocycles. The summed E-state index contributed by atoms with van der Waals surface area (Å²) < 4.78 is 0. The summed E-state index contributed by atoms with van der Waals surface area (Å²) >= 11 is 4.08. The molecule has 190 valence electrons. The molecule has 0 aromatic rings. The number of carboxylic acids is 1. The third kappa shape index (κ3) is 11.9. The highest BCUT2D eigenvalue weighted by atomic mass is 32.1. The highest BCUT2D eigenvalue weighted by Gasteiger charge is 2.30. The van der Waals surface area contributed by atoms with E-state index in [1.54, 1.807) is 6.92 Å². The minimum atomic E-state index is -1.25. The molecule has 0 radical (unpaired) electrons. The van der Waals surface area contributed by atoms with Gasteiger partial charge in [0.2, 0.25) is 23.6 Å². The van der Waals surface area contributed by atoms with Crippen LogP contribution in [0.4, 0.5) is 0 Å². The zero-order valence-corrected chi connectivity index (χ0v) is 20.1. The largest absolute Gasteiger partial charge is 0.480 e. The summed E-state index contributed by atoms with van der Waals surface area (Å²) in [4.78, 5) is 60.5. The van der Waals surface area contributed by atoms with E-state index >= 15 is 0 Å². The number of carbonyl (C=O) groups excluding carboxylic acids is 4. The van der Waals surface area contributed by atoms with Crippen LogP contribution in [0.25, 0.3) is 0 Å². The average Bonchev–Trinajstić information content (AvgIpc) is 2.77. The number of amides is 4. The minimum Gasteiger partial charge on any atom is -0.480 e. The molecule has 13 heteroatoms. The van der Waals surface area contributed by atoms with Crippen molar-refractivity contribution in [1.29, 1.82) is 0 Å². The maximum Gasteiger partial charge on any atom is 0.326 e. The van der Waals surface area contributed by atoms with E-state index < -0.39 is 53.8 Å². The molecular weight excluding hydrogens is 452 g/mol. The number of thiol groups is 1. The summed E-state index contributed by atoms with van der Waals surface area (Å²) in [6.07, 6.45) is 1.51. The summed E-state index contributed by atoms with van der Waals surface area (Å²) in [7, 11) is 0. The Hall–Kier alpha value is -2.38. The number of primary amides is 1. The number of carbonyl (C=O) groups is 5. The predicted molar refractivity (Wildman–Crippen MR) is 126 cm³/mol. The minimum absolute atomic E-state index is 0.0776. The van der Waals surface area contributed by atoms with Gasteiger partial charge in [-0.25, -0.2) is 4.79 Å². The van der Waals surface area contributed by atoms with Gasteiger partial charge in [-0.05, 0) is 38.1 Å². The third-order valence-electron chi connectivity index (χ3n) is 5.25. The van der Waals surface area contributed by atoms with Crippen LogP contribution in [-0.4, -0.2) is 71.2 Å². The van der Waals surface area contributed by atoms with Crippen molar-refractivity contribution in [3.63, 3.8) is 0 Å². The molecular formula is C20H38N6O6S. The Labute approximate surface area is 199 Å². The number of carboxylic acid groups (broad SMARTS) is 1. The number of aliphatic carboxylic acids is 1. The average molecular weight is 491 g/mol. The van der Waals surface area contributed by atoms with Gasteiger partial charge in [0.1, 0.15) is 18.1 Å². The van der Waals surface area contributed by atoms with Crippen molar-refractivity contribution in [1.82, 2.24) is 16.0 Å². The molecule has 0 heterocycles. The lowest BCUT2D eigenvalue weighted by Gasteiger charge is -2.25. The van der Waals surface area contributed by atoms with Crippen molar-refractivity contribution < 1.29 is 29.1 Å². The van der Waals surface area contributed by atoms with Crippen molar-refractivity contribution in [2.24, 2.45) is 23.1 Å².